The van der Waals surface area contributed by atoms with E-state index in [1.54, 1.807) is 0 Å². The molecular formula is C33H42ClNO2S2. The van der Waals surface area contributed by atoms with Gasteiger partial charge in [-0.25, -0.2) is 0 Å². The summed E-state index contributed by atoms with van der Waals surface area (Å²) in [6.07, 6.45) is 8.21. The Bertz CT molecular complexity index is 1240. The minimum atomic E-state index is -0.688. The average Bonchev–Trinajstić information content (AvgIpc) is 3.27. The van der Waals surface area contributed by atoms with Gasteiger partial charge in [0, 0.05) is 39.6 Å². The van der Waals surface area contributed by atoms with Gasteiger partial charge in [-0.2, -0.15) is 0 Å². The maximum Gasteiger partial charge on any atom is 0.303 e. The van der Waals surface area contributed by atoms with Gasteiger partial charge in [0.05, 0.1) is 11.4 Å². The van der Waals surface area contributed by atoms with Gasteiger partial charge < -0.3 is 10.0 Å². The predicted molar refractivity (Wildman–Crippen MR) is 166 cm³/mol. The molecule has 1 N–H and O–H groups in total. The summed E-state index contributed by atoms with van der Waals surface area (Å²) in [4.78, 5) is 16.5. The lowest BCUT2D eigenvalue weighted by atomic mass is 9.68. The van der Waals surface area contributed by atoms with E-state index in [0.717, 1.165) is 35.7 Å². The lowest BCUT2D eigenvalue weighted by molar-refractivity contribution is -0.137. The van der Waals surface area contributed by atoms with Crippen molar-refractivity contribution in [1.82, 2.24) is 4.90 Å². The van der Waals surface area contributed by atoms with E-state index in [-0.39, 0.29) is 12.3 Å². The topological polar surface area (TPSA) is 40.5 Å². The Morgan fingerprint density at radius 3 is 2.44 bits per heavy atom. The lowest BCUT2D eigenvalue weighted by Crippen LogP contribution is -2.33. The van der Waals surface area contributed by atoms with Crippen molar-refractivity contribution in [3.63, 3.8) is 0 Å². The Morgan fingerprint density at radius 1 is 1.05 bits per heavy atom. The smallest absolute Gasteiger partial charge is 0.303 e. The van der Waals surface area contributed by atoms with Gasteiger partial charge in [0.15, 0.2) is 0 Å². The first-order chi connectivity index (χ1) is 18.7. The molecule has 0 aromatic heterocycles. The number of nitrogens with zero attached hydrogens (tertiary/aromatic N) is 1. The number of allylic oxidation sites excluding steroid dienone is 1. The van der Waals surface area contributed by atoms with E-state index in [2.05, 4.69) is 56.9 Å². The van der Waals surface area contributed by atoms with Gasteiger partial charge >= 0.3 is 5.97 Å². The van der Waals surface area contributed by atoms with Crippen LogP contribution in [0.5, 0.6) is 0 Å². The van der Waals surface area contributed by atoms with Crippen LogP contribution in [0, 0.1) is 25.7 Å². The van der Waals surface area contributed by atoms with Gasteiger partial charge in [0.25, 0.3) is 0 Å². The number of carboxylic acid groups (broad SMARTS) is 1. The largest absolute Gasteiger partial charge is 0.481 e. The number of hydrogen-bond acceptors (Lipinski definition) is 4. The third kappa shape index (κ3) is 6.68. The molecule has 0 spiro atoms. The predicted octanol–water partition coefficient (Wildman–Crippen LogP) is 9.65. The van der Waals surface area contributed by atoms with Crippen LogP contribution in [0.15, 0.2) is 50.7 Å². The maximum atomic E-state index is 11.2. The molecule has 3 aliphatic rings. The van der Waals surface area contributed by atoms with Gasteiger partial charge in [0.1, 0.15) is 0 Å². The molecule has 1 aliphatic carbocycles. The van der Waals surface area contributed by atoms with Crippen molar-refractivity contribution in [1.29, 1.82) is 0 Å². The number of halogens is 1. The summed E-state index contributed by atoms with van der Waals surface area (Å²) in [5.74, 6) is 2.79. The van der Waals surface area contributed by atoms with Crippen LogP contribution in [0.25, 0.3) is 0 Å². The molecule has 2 fully saturated rings. The second kappa shape index (κ2) is 12.5. The van der Waals surface area contributed by atoms with Gasteiger partial charge in [-0.3, -0.25) is 4.79 Å². The van der Waals surface area contributed by atoms with Gasteiger partial charge in [-0.05, 0) is 111 Å². The summed E-state index contributed by atoms with van der Waals surface area (Å²) in [5, 5.41) is 11.5. The summed E-state index contributed by atoms with van der Waals surface area (Å²) in [6, 6.07) is 10.7. The minimum Gasteiger partial charge on any atom is -0.481 e. The molecule has 210 valence electrons. The summed E-state index contributed by atoms with van der Waals surface area (Å²) in [6.45, 7) is 11.2. The van der Waals surface area contributed by atoms with Crippen molar-refractivity contribution in [2.45, 2.75) is 94.3 Å². The third-order valence-corrected chi connectivity index (χ3v) is 12.3. The Labute approximate surface area is 248 Å². The number of aryl methyl sites for hydroxylation is 1. The van der Waals surface area contributed by atoms with E-state index < -0.39 is 5.97 Å². The van der Waals surface area contributed by atoms with E-state index in [1.165, 1.54) is 81.2 Å². The number of aliphatic carboxylic acids is 1. The van der Waals surface area contributed by atoms with Crippen LogP contribution in [0.4, 0.5) is 0 Å². The Morgan fingerprint density at radius 2 is 1.74 bits per heavy atom. The van der Waals surface area contributed by atoms with Crippen LogP contribution < -0.4 is 0 Å². The van der Waals surface area contributed by atoms with Crippen molar-refractivity contribution >= 4 is 41.1 Å². The average molecular weight is 584 g/mol. The summed E-state index contributed by atoms with van der Waals surface area (Å²) in [5.41, 5.74) is 6.87. The summed E-state index contributed by atoms with van der Waals surface area (Å²) in [7, 11) is 0. The molecule has 1 unspecified atom stereocenters. The number of piperidine rings is 1. The number of hydrogen-bond donors (Lipinski definition) is 1. The fourth-order valence-electron chi connectivity index (χ4n) is 6.73. The Hall–Kier alpha value is -1.56. The van der Waals surface area contributed by atoms with Crippen LogP contribution in [0.1, 0.15) is 92.9 Å². The van der Waals surface area contributed by atoms with Gasteiger partial charge in [-0.15, -0.1) is 11.8 Å². The molecule has 1 atom stereocenters. The zero-order valence-electron chi connectivity index (χ0n) is 23.8. The monoisotopic (exact) mass is 583 g/mol. The number of carboxylic acids is 1. The zero-order valence-corrected chi connectivity index (χ0v) is 26.2. The van der Waals surface area contributed by atoms with E-state index in [0.29, 0.717) is 5.92 Å². The summed E-state index contributed by atoms with van der Waals surface area (Å²) < 4.78 is 0. The normalized spacial score (nSPS) is 22.9. The molecule has 6 heteroatoms. The third-order valence-electron chi connectivity index (χ3n) is 9.11. The van der Waals surface area contributed by atoms with E-state index in [9.17, 15) is 9.90 Å². The maximum absolute atomic E-state index is 11.2. The molecule has 2 heterocycles. The molecule has 39 heavy (non-hydrogen) atoms. The number of rotatable bonds is 9. The van der Waals surface area contributed by atoms with Crippen molar-refractivity contribution in [2.75, 3.05) is 18.8 Å². The summed E-state index contributed by atoms with van der Waals surface area (Å²) >= 11 is 10.0. The van der Waals surface area contributed by atoms with E-state index in [1.807, 2.05) is 29.6 Å². The molecule has 2 aromatic carbocycles. The minimum absolute atomic E-state index is 0.170. The second-order valence-electron chi connectivity index (χ2n) is 12.2. The number of carbonyl (C=O) groups is 1. The van der Waals surface area contributed by atoms with Crippen molar-refractivity contribution in [3.8, 4) is 0 Å². The van der Waals surface area contributed by atoms with Crippen LogP contribution >= 0.6 is 35.1 Å². The van der Waals surface area contributed by atoms with Crippen LogP contribution in [0.3, 0.4) is 0 Å². The lowest BCUT2D eigenvalue weighted by Gasteiger charge is -2.39. The molecular weight excluding hydrogens is 542 g/mol. The van der Waals surface area contributed by atoms with Crippen LogP contribution in [-0.2, 0) is 4.79 Å². The SMILES string of the molecule is CC(C)=C(Sc1cc(Cl)ccc1C)N1CCC(CC[C@H]2C[C@@H](c3ccc4c(c3C)SCC4CC(=O)O)C2)CC1. The zero-order chi connectivity index (χ0) is 27.7. The molecule has 1 saturated heterocycles. The van der Waals surface area contributed by atoms with Crippen molar-refractivity contribution in [3.05, 3.63) is 68.2 Å². The Kier molecular flexibility index (Phi) is 9.30. The first-order valence-corrected chi connectivity index (χ1v) is 16.7. The molecule has 2 aliphatic heterocycles. The first-order valence-electron chi connectivity index (χ1n) is 14.5. The second-order valence-corrected chi connectivity index (χ2v) is 14.7. The molecule has 0 bridgehead atoms. The molecule has 1 saturated carbocycles. The highest BCUT2D eigenvalue weighted by Crippen LogP contribution is 2.50. The first kappa shape index (κ1) is 29.0. The van der Waals surface area contributed by atoms with Crippen LogP contribution in [0.2, 0.25) is 5.02 Å². The van der Waals surface area contributed by atoms with Crippen molar-refractivity contribution in [2.24, 2.45) is 11.8 Å². The fourth-order valence-corrected chi connectivity index (χ4v) is 9.51. The highest BCUT2D eigenvalue weighted by Gasteiger charge is 2.34. The van der Waals surface area contributed by atoms with Gasteiger partial charge in [0.2, 0.25) is 0 Å². The van der Waals surface area contributed by atoms with Crippen LogP contribution in [-0.4, -0.2) is 34.8 Å². The number of fused-ring (bicyclic) bond motifs is 1. The van der Waals surface area contributed by atoms with Crippen molar-refractivity contribution < 1.29 is 9.90 Å². The fraction of sp³-hybridized carbons (Fsp3) is 0.545. The van der Waals surface area contributed by atoms with E-state index >= 15 is 0 Å². The molecule has 3 nitrogen and oxygen atoms in total. The standard InChI is InChI=1S/C33H42ClNO2S2/c1-20(2)33(39-30-18-27(34)8-5-21(30)3)35-13-11-23(12-14-35)6-7-24-15-25(16-24)28-9-10-29-26(17-31(36)37)19-38-32(29)22(28)4/h5,8-10,18,23-26H,6-7,11-17,19H2,1-4H3,(H,36,37)/t24-,25+,26?. The number of benzene rings is 2. The Balaban J connectivity index is 1.08. The number of thioether (sulfide) groups is 2. The highest BCUT2D eigenvalue weighted by molar-refractivity contribution is 8.03. The highest BCUT2D eigenvalue weighted by atomic mass is 35.5. The number of likely N-dealkylation sites (tertiary alicyclic amines) is 1. The van der Waals surface area contributed by atoms with Gasteiger partial charge in [-0.1, -0.05) is 54.4 Å². The molecule has 0 radical (unpaired) electrons. The molecule has 2 aromatic rings. The molecule has 5 rings (SSSR count). The van der Waals surface area contributed by atoms with E-state index in [4.69, 9.17) is 11.6 Å². The quantitative estimate of drug-likeness (QED) is 0.297. The molecule has 0 amide bonds.